The summed E-state index contributed by atoms with van der Waals surface area (Å²) in [5.74, 6) is 0.753. The molecule has 0 bridgehead atoms. The van der Waals surface area contributed by atoms with Crippen molar-refractivity contribution in [1.29, 1.82) is 0 Å². The molecule has 1 atom stereocenters. The molecule has 1 unspecified atom stereocenters. The highest BCUT2D eigenvalue weighted by Crippen LogP contribution is 2.30. The van der Waals surface area contributed by atoms with E-state index in [0.29, 0.717) is 18.9 Å². The molecule has 0 aromatic heterocycles. The first-order valence-electron chi connectivity index (χ1n) is 7.04. The molecule has 0 saturated heterocycles. The smallest absolute Gasteiger partial charge is 0.162 e. The van der Waals surface area contributed by atoms with Gasteiger partial charge in [0, 0.05) is 22.6 Å². The van der Waals surface area contributed by atoms with Gasteiger partial charge in [0.2, 0.25) is 0 Å². The first-order chi connectivity index (χ1) is 10.1. The molecule has 2 rings (SSSR count). The van der Waals surface area contributed by atoms with Crippen LogP contribution in [0.25, 0.3) is 0 Å². The molecular weight excluding hydrogens is 330 g/mol. The summed E-state index contributed by atoms with van der Waals surface area (Å²) in [6, 6.07) is 14.0. The summed E-state index contributed by atoms with van der Waals surface area (Å²) in [6.45, 7) is 5.14. The minimum Gasteiger partial charge on any atom is -0.504 e. The zero-order chi connectivity index (χ0) is 15.2. The second-order valence-corrected chi connectivity index (χ2v) is 5.77. The standard InChI is InChI=1S/C17H20BrNO2/c1-3-21-16-6-4-5-14(17(16)20)11-19-12(2)13-7-9-15(18)10-8-13/h4-10,12,19-20H,3,11H2,1-2H3. The van der Waals surface area contributed by atoms with Gasteiger partial charge in [0.15, 0.2) is 11.5 Å². The molecule has 2 aromatic rings. The fourth-order valence-electron chi connectivity index (χ4n) is 2.11. The zero-order valence-electron chi connectivity index (χ0n) is 12.3. The molecule has 21 heavy (non-hydrogen) atoms. The number of halogens is 1. The largest absolute Gasteiger partial charge is 0.504 e. The predicted octanol–water partition coefficient (Wildman–Crippen LogP) is 4.40. The average molecular weight is 350 g/mol. The van der Waals surface area contributed by atoms with Crippen LogP contribution in [0.15, 0.2) is 46.9 Å². The van der Waals surface area contributed by atoms with Crippen LogP contribution < -0.4 is 10.1 Å². The van der Waals surface area contributed by atoms with Crippen molar-refractivity contribution in [2.45, 2.75) is 26.4 Å². The molecule has 0 aliphatic rings. The molecule has 0 fully saturated rings. The molecule has 0 spiro atoms. The Morgan fingerprint density at radius 3 is 2.57 bits per heavy atom. The molecule has 0 heterocycles. The van der Waals surface area contributed by atoms with E-state index in [1.807, 2.05) is 31.2 Å². The number of aromatic hydroxyl groups is 1. The predicted molar refractivity (Wildman–Crippen MR) is 88.7 cm³/mol. The lowest BCUT2D eigenvalue weighted by atomic mass is 10.1. The van der Waals surface area contributed by atoms with Crippen molar-refractivity contribution < 1.29 is 9.84 Å². The molecule has 0 amide bonds. The summed E-state index contributed by atoms with van der Waals surface area (Å²) < 4.78 is 6.47. The average Bonchev–Trinajstić information content (AvgIpc) is 2.49. The summed E-state index contributed by atoms with van der Waals surface area (Å²) >= 11 is 3.44. The van der Waals surface area contributed by atoms with Crippen molar-refractivity contribution in [2.24, 2.45) is 0 Å². The topological polar surface area (TPSA) is 41.5 Å². The maximum atomic E-state index is 10.2. The highest BCUT2D eigenvalue weighted by atomic mass is 79.9. The molecule has 0 radical (unpaired) electrons. The van der Waals surface area contributed by atoms with Crippen LogP contribution in [0.3, 0.4) is 0 Å². The van der Waals surface area contributed by atoms with Crippen molar-refractivity contribution in [1.82, 2.24) is 5.32 Å². The van der Waals surface area contributed by atoms with Crippen LogP contribution in [0.5, 0.6) is 11.5 Å². The lowest BCUT2D eigenvalue weighted by Gasteiger charge is -2.16. The van der Waals surface area contributed by atoms with Gasteiger partial charge in [-0.1, -0.05) is 40.2 Å². The molecule has 2 N–H and O–H groups in total. The Balaban J connectivity index is 2.02. The van der Waals surface area contributed by atoms with Gasteiger partial charge in [-0.2, -0.15) is 0 Å². The first kappa shape index (κ1) is 15.9. The van der Waals surface area contributed by atoms with Crippen LogP contribution in [-0.4, -0.2) is 11.7 Å². The van der Waals surface area contributed by atoms with Crippen molar-refractivity contribution in [3.63, 3.8) is 0 Å². The third-order valence-electron chi connectivity index (χ3n) is 3.35. The van der Waals surface area contributed by atoms with Gasteiger partial charge in [0.1, 0.15) is 0 Å². The zero-order valence-corrected chi connectivity index (χ0v) is 13.9. The van der Waals surface area contributed by atoms with Gasteiger partial charge in [-0.15, -0.1) is 0 Å². The first-order valence-corrected chi connectivity index (χ1v) is 7.83. The van der Waals surface area contributed by atoms with Gasteiger partial charge in [-0.25, -0.2) is 0 Å². The van der Waals surface area contributed by atoms with E-state index in [1.54, 1.807) is 6.07 Å². The summed E-state index contributed by atoms with van der Waals surface area (Å²) in [7, 11) is 0. The van der Waals surface area contributed by atoms with E-state index in [0.717, 1.165) is 10.0 Å². The third-order valence-corrected chi connectivity index (χ3v) is 3.88. The van der Waals surface area contributed by atoms with Crippen LogP contribution in [0.4, 0.5) is 0 Å². The Morgan fingerprint density at radius 2 is 1.90 bits per heavy atom. The number of phenolic OH excluding ortho intramolecular Hbond substituents is 1. The Morgan fingerprint density at radius 1 is 1.19 bits per heavy atom. The van der Waals surface area contributed by atoms with Crippen LogP contribution in [0.2, 0.25) is 0 Å². The highest BCUT2D eigenvalue weighted by Gasteiger charge is 2.10. The number of para-hydroxylation sites is 1. The second-order valence-electron chi connectivity index (χ2n) is 4.85. The Labute approximate surface area is 134 Å². The molecule has 4 heteroatoms. The summed E-state index contributed by atoms with van der Waals surface area (Å²) in [5.41, 5.74) is 2.04. The van der Waals surface area contributed by atoms with Gasteiger partial charge >= 0.3 is 0 Å². The van der Waals surface area contributed by atoms with Crippen LogP contribution >= 0.6 is 15.9 Å². The monoisotopic (exact) mass is 349 g/mol. The molecule has 2 aromatic carbocycles. The van der Waals surface area contributed by atoms with Crippen molar-refractivity contribution >= 4 is 15.9 Å². The fraction of sp³-hybridized carbons (Fsp3) is 0.294. The van der Waals surface area contributed by atoms with E-state index in [1.165, 1.54) is 5.56 Å². The van der Waals surface area contributed by atoms with E-state index >= 15 is 0 Å². The number of hydrogen-bond acceptors (Lipinski definition) is 3. The second kappa shape index (κ2) is 7.48. The van der Waals surface area contributed by atoms with Crippen LogP contribution in [0, 0.1) is 0 Å². The van der Waals surface area contributed by atoms with Crippen LogP contribution in [-0.2, 0) is 6.54 Å². The van der Waals surface area contributed by atoms with Crippen molar-refractivity contribution in [2.75, 3.05) is 6.61 Å². The summed E-state index contributed by atoms with van der Waals surface area (Å²) in [6.07, 6.45) is 0. The van der Waals surface area contributed by atoms with E-state index in [9.17, 15) is 5.11 Å². The fourth-order valence-corrected chi connectivity index (χ4v) is 2.38. The lowest BCUT2D eigenvalue weighted by molar-refractivity contribution is 0.316. The van der Waals surface area contributed by atoms with E-state index in [4.69, 9.17) is 4.74 Å². The summed E-state index contributed by atoms with van der Waals surface area (Å²) in [5, 5.41) is 13.6. The van der Waals surface area contributed by atoms with E-state index in [-0.39, 0.29) is 11.8 Å². The molecule has 0 aliphatic heterocycles. The summed E-state index contributed by atoms with van der Waals surface area (Å²) in [4.78, 5) is 0. The minimum atomic E-state index is 0.202. The number of hydrogen-bond donors (Lipinski definition) is 2. The Bertz CT molecular complexity index is 584. The molecule has 112 valence electrons. The Hall–Kier alpha value is -1.52. The number of rotatable bonds is 6. The number of benzene rings is 2. The number of ether oxygens (including phenoxy) is 1. The Kier molecular flexibility index (Phi) is 5.65. The van der Waals surface area contributed by atoms with Gasteiger partial charge in [0.25, 0.3) is 0 Å². The lowest BCUT2D eigenvalue weighted by Crippen LogP contribution is -2.18. The van der Waals surface area contributed by atoms with E-state index < -0.39 is 0 Å². The molecular formula is C17H20BrNO2. The molecule has 0 aliphatic carbocycles. The quantitative estimate of drug-likeness (QED) is 0.811. The highest BCUT2D eigenvalue weighted by molar-refractivity contribution is 9.10. The molecule has 0 saturated carbocycles. The van der Waals surface area contributed by atoms with Crippen molar-refractivity contribution in [3.8, 4) is 11.5 Å². The number of phenols is 1. The maximum Gasteiger partial charge on any atom is 0.162 e. The SMILES string of the molecule is CCOc1cccc(CNC(C)c2ccc(Br)cc2)c1O. The third kappa shape index (κ3) is 4.22. The normalized spacial score (nSPS) is 12.1. The van der Waals surface area contributed by atoms with Gasteiger partial charge in [0.05, 0.1) is 6.61 Å². The van der Waals surface area contributed by atoms with E-state index in [2.05, 4.69) is 40.3 Å². The minimum absolute atomic E-state index is 0.202. The van der Waals surface area contributed by atoms with Gasteiger partial charge < -0.3 is 15.2 Å². The van der Waals surface area contributed by atoms with Gasteiger partial charge in [-0.3, -0.25) is 0 Å². The van der Waals surface area contributed by atoms with Gasteiger partial charge in [-0.05, 0) is 37.6 Å². The molecule has 3 nitrogen and oxygen atoms in total. The number of nitrogens with one attached hydrogen (secondary N) is 1. The maximum absolute atomic E-state index is 10.2. The van der Waals surface area contributed by atoms with Crippen LogP contribution in [0.1, 0.15) is 31.0 Å². The van der Waals surface area contributed by atoms with Crippen molar-refractivity contribution in [3.05, 3.63) is 58.1 Å².